The van der Waals surface area contributed by atoms with Crippen molar-refractivity contribution in [3.05, 3.63) is 69.2 Å². The Bertz CT molecular complexity index is 823. The highest BCUT2D eigenvalue weighted by Crippen LogP contribution is 2.28. The van der Waals surface area contributed by atoms with E-state index in [0.29, 0.717) is 35.1 Å². The molecule has 0 aromatic heterocycles. The van der Waals surface area contributed by atoms with Crippen LogP contribution in [0.5, 0.6) is 0 Å². The van der Waals surface area contributed by atoms with Crippen molar-refractivity contribution < 1.29 is 9.59 Å². The van der Waals surface area contributed by atoms with Crippen molar-refractivity contribution in [2.75, 3.05) is 6.54 Å². The highest BCUT2D eigenvalue weighted by Gasteiger charge is 2.34. The number of hydrogen-bond donors (Lipinski definition) is 1. The second kappa shape index (κ2) is 7.46. The van der Waals surface area contributed by atoms with Gasteiger partial charge in [0.2, 0.25) is 5.91 Å². The predicted octanol–water partition coefficient (Wildman–Crippen LogP) is 3.70. The lowest BCUT2D eigenvalue weighted by molar-refractivity contribution is -0.126. The molecule has 1 aliphatic rings. The van der Waals surface area contributed by atoms with Gasteiger partial charge in [0.25, 0.3) is 5.91 Å². The number of amides is 2. The molecule has 130 valence electrons. The molecule has 0 fully saturated rings. The van der Waals surface area contributed by atoms with Gasteiger partial charge in [-0.2, -0.15) is 0 Å². The van der Waals surface area contributed by atoms with E-state index in [4.69, 9.17) is 23.2 Å². The van der Waals surface area contributed by atoms with Crippen LogP contribution in [0.1, 0.15) is 28.4 Å². The van der Waals surface area contributed by atoms with Crippen LogP contribution >= 0.6 is 23.2 Å². The normalized spacial score (nSPS) is 16.3. The number of carbonyl (C=O) groups excluding carboxylic acids is 2. The molecule has 6 heteroatoms. The van der Waals surface area contributed by atoms with Crippen LogP contribution in [0, 0.1) is 0 Å². The molecule has 0 bridgehead atoms. The summed E-state index contributed by atoms with van der Waals surface area (Å²) in [5, 5.41) is 3.53. The van der Waals surface area contributed by atoms with Crippen LogP contribution in [0.2, 0.25) is 10.0 Å². The summed E-state index contributed by atoms with van der Waals surface area (Å²) in [6, 6.07) is 12.1. The van der Waals surface area contributed by atoms with E-state index in [2.05, 4.69) is 5.32 Å². The summed E-state index contributed by atoms with van der Waals surface area (Å²) in [6.07, 6.45) is 0.495. The van der Waals surface area contributed by atoms with Gasteiger partial charge in [-0.05, 0) is 36.2 Å². The lowest BCUT2D eigenvalue weighted by atomic mass is 9.92. The molecule has 2 aromatic carbocycles. The van der Waals surface area contributed by atoms with E-state index in [9.17, 15) is 9.59 Å². The molecule has 2 amide bonds. The van der Waals surface area contributed by atoms with E-state index in [1.54, 1.807) is 23.1 Å². The summed E-state index contributed by atoms with van der Waals surface area (Å²) in [5.41, 5.74) is 2.57. The molecule has 1 aliphatic heterocycles. The third-order valence-electron chi connectivity index (χ3n) is 4.33. The largest absolute Gasteiger partial charge is 0.355 e. The summed E-state index contributed by atoms with van der Waals surface area (Å²) in [5.74, 6) is -0.380. The summed E-state index contributed by atoms with van der Waals surface area (Å²) >= 11 is 12.0. The van der Waals surface area contributed by atoms with E-state index < -0.39 is 6.04 Å². The number of hydrogen-bond acceptors (Lipinski definition) is 2. The van der Waals surface area contributed by atoms with Crippen molar-refractivity contribution in [1.29, 1.82) is 0 Å². The van der Waals surface area contributed by atoms with Crippen LogP contribution < -0.4 is 5.32 Å². The summed E-state index contributed by atoms with van der Waals surface area (Å²) in [7, 11) is 0. The van der Waals surface area contributed by atoms with Crippen molar-refractivity contribution in [2.45, 2.75) is 25.9 Å². The standard InChI is InChI=1S/C19H18Cl2N2O2/c1-2-22-18(24)17-10-12-5-3-4-6-14(12)11-23(17)19(25)13-7-8-15(20)16(21)9-13/h3-9,17H,2,10-11H2,1H3,(H,22,24). The SMILES string of the molecule is CCNC(=O)C1Cc2ccccc2CN1C(=O)c1ccc(Cl)c(Cl)c1. The number of nitrogens with one attached hydrogen (secondary N) is 1. The van der Waals surface area contributed by atoms with Crippen LogP contribution in [0.25, 0.3) is 0 Å². The number of carbonyl (C=O) groups is 2. The van der Waals surface area contributed by atoms with Crippen LogP contribution in [0.4, 0.5) is 0 Å². The van der Waals surface area contributed by atoms with Gasteiger partial charge in [0, 0.05) is 25.1 Å². The Hall–Kier alpha value is -2.04. The number of likely N-dealkylation sites (N-methyl/N-ethyl adjacent to an activating group) is 1. The van der Waals surface area contributed by atoms with Crippen molar-refractivity contribution >= 4 is 35.0 Å². The molecule has 1 heterocycles. The Balaban J connectivity index is 1.96. The van der Waals surface area contributed by atoms with Crippen LogP contribution in [0.15, 0.2) is 42.5 Å². The van der Waals surface area contributed by atoms with E-state index >= 15 is 0 Å². The second-order valence-corrected chi connectivity index (χ2v) is 6.76. The first-order chi connectivity index (χ1) is 12.0. The Morgan fingerprint density at radius 2 is 1.84 bits per heavy atom. The molecule has 0 aliphatic carbocycles. The zero-order valence-corrected chi connectivity index (χ0v) is 15.3. The lowest BCUT2D eigenvalue weighted by Gasteiger charge is -2.36. The summed E-state index contributed by atoms with van der Waals surface area (Å²) in [6.45, 7) is 2.77. The highest BCUT2D eigenvalue weighted by atomic mass is 35.5. The fourth-order valence-corrected chi connectivity index (χ4v) is 3.36. The Morgan fingerprint density at radius 1 is 1.12 bits per heavy atom. The maximum atomic E-state index is 13.0. The maximum absolute atomic E-state index is 13.0. The van der Waals surface area contributed by atoms with Gasteiger partial charge in [-0.1, -0.05) is 47.5 Å². The molecule has 0 saturated heterocycles. The molecule has 0 saturated carbocycles. The molecule has 4 nitrogen and oxygen atoms in total. The summed E-state index contributed by atoms with van der Waals surface area (Å²) < 4.78 is 0. The average molecular weight is 377 g/mol. The minimum absolute atomic E-state index is 0.148. The minimum atomic E-state index is -0.545. The fourth-order valence-electron chi connectivity index (χ4n) is 3.06. The Morgan fingerprint density at radius 3 is 2.52 bits per heavy atom. The zero-order chi connectivity index (χ0) is 18.0. The van der Waals surface area contributed by atoms with Gasteiger partial charge in [-0.25, -0.2) is 0 Å². The molecule has 2 aromatic rings. The van der Waals surface area contributed by atoms with E-state index in [0.717, 1.165) is 11.1 Å². The monoisotopic (exact) mass is 376 g/mol. The summed E-state index contributed by atoms with van der Waals surface area (Å²) in [4.78, 5) is 27.2. The number of fused-ring (bicyclic) bond motifs is 1. The first-order valence-corrected chi connectivity index (χ1v) is 8.87. The van der Waals surface area contributed by atoms with Gasteiger partial charge >= 0.3 is 0 Å². The maximum Gasteiger partial charge on any atom is 0.254 e. The third-order valence-corrected chi connectivity index (χ3v) is 5.07. The van der Waals surface area contributed by atoms with Gasteiger partial charge in [0.15, 0.2) is 0 Å². The Kier molecular flexibility index (Phi) is 5.30. The minimum Gasteiger partial charge on any atom is -0.355 e. The van der Waals surface area contributed by atoms with Gasteiger partial charge in [0.1, 0.15) is 6.04 Å². The molecule has 1 atom stereocenters. The van der Waals surface area contributed by atoms with Crippen molar-refractivity contribution in [3.63, 3.8) is 0 Å². The second-order valence-electron chi connectivity index (χ2n) is 5.95. The van der Waals surface area contributed by atoms with Gasteiger partial charge in [-0.15, -0.1) is 0 Å². The quantitative estimate of drug-likeness (QED) is 0.887. The van der Waals surface area contributed by atoms with Crippen LogP contribution in [-0.2, 0) is 17.8 Å². The average Bonchev–Trinajstić information content (AvgIpc) is 2.62. The van der Waals surface area contributed by atoms with Gasteiger partial charge < -0.3 is 10.2 Å². The lowest BCUT2D eigenvalue weighted by Crippen LogP contribution is -2.52. The predicted molar refractivity (Wildman–Crippen MR) is 99.0 cm³/mol. The van der Waals surface area contributed by atoms with Crippen LogP contribution in [-0.4, -0.2) is 29.3 Å². The van der Waals surface area contributed by atoms with E-state index in [1.807, 2.05) is 31.2 Å². The number of nitrogens with zero attached hydrogens (tertiary/aromatic N) is 1. The smallest absolute Gasteiger partial charge is 0.254 e. The molecule has 0 spiro atoms. The highest BCUT2D eigenvalue weighted by molar-refractivity contribution is 6.42. The van der Waals surface area contributed by atoms with Gasteiger partial charge in [-0.3, -0.25) is 9.59 Å². The van der Waals surface area contributed by atoms with Crippen LogP contribution in [0.3, 0.4) is 0 Å². The number of halogens is 2. The topological polar surface area (TPSA) is 49.4 Å². The molecule has 0 radical (unpaired) electrons. The molecular formula is C19H18Cl2N2O2. The Labute approximate surface area is 156 Å². The van der Waals surface area contributed by atoms with E-state index in [1.165, 1.54) is 0 Å². The van der Waals surface area contributed by atoms with Crippen molar-refractivity contribution in [3.8, 4) is 0 Å². The first kappa shape index (κ1) is 17.8. The molecule has 3 rings (SSSR count). The molecule has 1 N–H and O–H groups in total. The first-order valence-electron chi connectivity index (χ1n) is 8.11. The fraction of sp³-hybridized carbons (Fsp3) is 0.263. The number of benzene rings is 2. The zero-order valence-electron chi connectivity index (χ0n) is 13.8. The van der Waals surface area contributed by atoms with Crippen molar-refractivity contribution in [2.24, 2.45) is 0 Å². The third kappa shape index (κ3) is 3.65. The molecule has 1 unspecified atom stereocenters. The van der Waals surface area contributed by atoms with E-state index in [-0.39, 0.29) is 11.8 Å². The molecular weight excluding hydrogens is 359 g/mol. The number of rotatable bonds is 3. The molecule has 25 heavy (non-hydrogen) atoms. The van der Waals surface area contributed by atoms with Crippen molar-refractivity contribution in [1.82, 2.24) is 10.2 Å². The van der Waals surface area contributed by atoms with Gasteiger partial charge in [0.05, 0.1) is 10.0 Å².